The summed E-state index contributed by atoms with van der Waals surface area (Å²) in [5.74, 6) is -0.381. The molecule has 0 heterocycles. The van der Waals surface area contributed by atoms with E-state index in [2.05, 4.69) is 10.0 Å². The normalized spacial score (nSPS) is 11.1. The van der Waals surface area contributed by atoms with Gasteiger partial charge < -0.3 is 5.32 Å². The van der Waals surface area contributed by atoms with Crippen molar-refractivity contribution in [2.45, 2.75) is 25.3 Å². The monoisotopic (exact) mass is 428 g/mol. The summed E-state index contributed by atoms with van der Waals surface area (Å²) in [5.41, 5.74) is 3.42. The Bertz CT molecular complexity index is 1150. The Labute approximate surface area is 175 Å². The third kappa shape index (κ3) is 4.96. The van der Waals surface area contributed by atoms with Crippen LogP contribution in [-0.2, 0) is 16.6 Å². The second kappa shape index (κ2) is 8.68. The van der Waals surface area contributed by atoms with E-state index in [4.69, 9.17) is 11.6 Å². The fourth-order valence-corrected chi connectivity index (χ4v) is 4.44. The van der Waals surface area contributed by atoms with Gasteiger partial charge in [-0.05, 0) is 54.8 Å². The van der Waals surface area contributed by atoms with Crippen molar-refractivity contribution in [1.29, 1.82) is 0 Å². The maximum Gasteiger partial charge on any atom is 0.263 e. The highest BCUT2D eigenvalue weighted by molar-refractivity contribution is 7.92. The van der Waals surface area contributed by atoms with Gasteiger partial charge in [0, 0.05) is 12.1 Å². The summed E-state index contributed by atoms with van der Waals surface area (Å²) >= 11 is 6.14. The summed E-state index contributed by atoms with van der Waals surface area (Å²) in [7, 11) is -3.97. The highest BCUT2D eigenvalue weighted by Gasteiger charge is 2.21. The van der Waals surface area contributed by atoms with Crippen molar-refractivity contribution >= 4 is 33.2 Å². The number of hydrogen-bond donors (Lipinski definition) is 2. The van der Waals surface area contributed by atoms with Crippen LogP contribution >= 0.6 is 11.6 Å². The van der Waals surface area contributed by atoms with Gasteiger partial charge in [-0.1, -0.05) is 54.1 Å². The molecule has 0 saturated carbocycles. The first-order valence-electron chi connectivity index (χ1n) is 8.98. The van der Waals surface area contributed by atoms with E-state index in [1.807, 2.05) is 50.2 Å². The Morgan fingerprint density at radius 3 is 2.41 bits per heavy atom. The average Bonchev–Trinajstić information content (AvgIpc) is 2.70. The van der Waals surface area contributed by atoms with Crippen LogP contribution in [0, 0.1) is 13.8 Å². The second-order valence-electron chi connectivity index (χ2n) is 6.67. The molecule has 3 rings (SSSR count). The van der Waals surface area contributed by atoms with Crippen LogP contribution in [0.4, 0.5) is 5.69 Å². The van der Waals surface area contributed by atoms with E-state index >= 15 is 0 Å². The van der Waals surface area contributed by atoms with Gasteiger partial charge in [-0.15, -0.1) is 0 Å². The van der Waals surface area contributed by atoms with E-state index in [1.165, 1.54) is 18.2 Å². The van der Waals surface area contributed by atoms with Crippen LogP contribution in [0.2, 0.25) is 5.02 Å². The Kier molecular flexibility index (Phi) is 6.25. The lowest BCUT2D eigenvalue weighted by Gasteiger charge is -2.14. The maximum absolute atomic E-state index is 12.9. The molecule has 0 aliphatic carbocycles. The average molecular weight is 429 g/mol. The van der Waals surface area contributed by atoms with Crippen molar-refractivity contribution in [1.82, 2.24) is 5.32 Å². The number of carbonyl (C=O) groups is 1. The van der Waals surface area contributed by atoms with Crippen molar-refractivity contribution in [3.63, 3.8) is 0 Å². The van der Waals surface area contributed by atoms with Gasteiger partial charge in [-0.2, -0.15) is 0 Å². The van der Waals surface area contributed by atoms with E-state index in [0.717, 1.165) is 16.7 Å². The zero-order chi connectivity index (χ0) is 21.0. The van der Waals surface area contributed by atoms with Crippen molar-refractivity contribution in [3.8, 4) is 0 Å². The topological polar surface area (TPSA) is 75.3 Å². The third-order valence-corrected chi connectivity index (χ3v) is 6.47. The van der Waals surface area contributed by atoms with Crippen molar-refractivity contribution < 1.29 is 13.2 Å². The summed E-state index contributed by atoms with van der Waals surface area (Å²) in [6, 6.07) is 19.0. The van der Waals surface area contributed by atoms with Gasteiger partial charge in [0.1, 0.15) is 4.90 Å². The van der Waals surface area contributed by atoms with Crippen LogP contribution in [-0.4, -0.2) is 14.3 Å². The molecule has 0 radical (unpaired) electrons. The number of sulfonamides is 1. The minimum atomic E-state index is -3.97. The molecule has 0 bridgehead atoms. The summed E-state index contributed by atoms with van der Waals surface area (Å²) in [4.78, 5) is 12.4. The van der Waals surface area contributed by atoms with Crippen molar-refractivity contribution in [2.75, 3.05) is 4.72 Å². The zero-order valence-corrected chi connectivity index (χ0v) is 17.6. The number of nitrogens with one attached hydrogen (secondary N) is 2. The lowest BCUT2D eigenvalue weighted by Crippen LogP contribution is -2.23. The largest absolute Gasteiger partial charge is 0.348 e. The molecule has 1 amide bonds. The summed E-state index contributed by atoms with van der Waals surface area (Å²) in [6.45, 7) is 4.07. The van der Waals surface area contributed by atoms with Gasteiger partial charge in [0.15, 0.2) is 0 Å². The molecule has 0 atom stereocenters. The molecule has 0 aliphatic heterocycles. The van der Waals surface area contributed by atoms with Crippen LogP contribution in [0.1, 0.15) is 27.0 Å². The van der Waals surface area contributed by atoms with E-state index in [1.54, 1.807) is 12.1 Å². The SMILES string of the molecule is Cc1cccc(NS(=O)(=O)c2cc(C(=O)NCc3ccccc3)ccc2Cl)c1C. The zero-order valence-electron chi connectivity index (χ0n) is 16.1. The minimum Gasteiger partial charge on any atom is -0.348 e. The molecule has 0 fully saturated rings. The van der Waals surface area contributed by atoms with Gasteiger partial charge in [-0.25, -0.2) is 8.42 Å². The minimum absolute atomic E-state index is 0.0439. The first-order chi connectivity index (χ1) is 13.8. The van der Waals surface area contributed by atoms with Gasteiger partial charge >= 0.3 is 0 Å². The van der Waals surface area contributed by atoms with E-state index in [9.17, 15) is 13.2 Å². The molecule has 150 valence electrons. The second-order valence-corrected chi connectivity index (χ2v) is 8.72. The lowest BCUT2D eigenvalue weighted by molar-refractivity contribution is 0.0950. The van der Waals surface area contributed by atoms with Crippen LogP contribution in [0.25, 0.3) is 0 Å². The first kappa shape index (κ1) is 20.9. The number of aryl methyl sites for hydroxylation is 1. The van der Waals surface area contributed by atoms with E-state index in [0.29, 0.717) is 12.2 Å². The summed E-state index contributed by atoms with van der Waals surface area (Å²) in [6.07, 6.45) is 0. The van der Waals surface area contributed by atoms with Gasteiger partial charge in [0.25, 0.3) is 15.9 Å². The smallest absolute Gasteiger partial charge is 0.263 e. The number of carbonyl (C=O) groups excluding carboxylic acids is 1. The van der Waals surface area contributed by atoms with Crippen LogP contribution < -0.4 is 10.0 Å². The molecule has 7 heteroatoms. The Morgan fingerprint density at radius 1 is 0.966 bits per heavy atom. The van der Waals surface area contributed by atoms with Gasteiger partial charge in [0.2, 0.25) is 0 Å². The number of benzene rings is 3. The van der Waals surface area contributed by atoms with Crippen LogP contribution in [0.3, 0.4) is 0 Å². The molecule has 3 aromatic rings. The third-order valence-electron chi connectivity index (χ3n) is 4.63. The predicted molar refractivity (Wildman–Crippen MR) is 116 cm³/mol. The Morgan fingerprint density at radius 2 is 1.69 bits per heavy atom. The molecular formula is C22H21ClN2O3S. The van der Waals surface area contributed by atoms with Crippen molar-refractivity contribution in [3.05, 3.63) is 94.0 Å². The number of halogens is 1. The quantitative estimate of drug-likeness (QED) is 0.598. The molecule has 29 heavy (non-hydrogen) atoms. The van der Waals surface area contributed by atoms with Crippen LogP contribution in [0.15, 0.2) is 71.6 Å². The highest BCUT2D eigenvalue weighted by Crippen LogP contribution is 2.27. The molecule has 0 aromatic heterocycles. The molecule has 5 nitrogen and oxygen atoms in total. The van der Waals surface area contributed by atoms with Gasteiger partial charge in [-0.3, -0.25) is 9.52 Å². The standard InChI is InChI=1S/C22H21ClN2O3S/c1-15-7-6-10-20(16(15)2)25-29(27,28)21-13-18(11-12-19(21)23)22(26)24-14-17-8-4-3-5-9-17/h3-13,25H,14H2,1-2H3,(H,24,26). The molecule has 3 aromatic carbocycles. The highest BCUT2D eigenvalue weighted by atomic mass is 35.5. The Hall–Kier alpha value is -2.83. The van der Waals surface area contributed by atoms with E-state index in [-0.39, 0.29) is 21.4 Å². The summed E-state index contributed by atoms with van der Waals surface area (Å²) < 4.78 is 28.4. The predicted octanol–water partition coefficient (Wildman–Crippen LogP) is 4.69. The number of hydrogen-bond acceptors (Lipinski definition) is 3. The first-order valence-corrected chi connectivity index (χ1v) is 10.8. The number of rotatable bonds is 6. The Balaban J connectivity index is 1.84. The molecule has 0 spiro atoms. The van der Waals surface area contributed by atoms with Gasteiger partial charge in [0.05, 0.1) is 10.7 Å². The molecule has 0 saturated heterocycles. The molecule has 2 N–H and O–H groups in total. The van der Waals surface area contributed by atoms with Crippen molar-refractivity contribution in [2.24, 2.45) is 0 Å². The number of anilines is 1. The number of amides is 1. The molecular weight excluding hydrogens is 408 g/mol. The summed E-state index contributed by atoms with van der Waals surface area (Å²) in [5, 5.41) is 2.83. The molecule has 0 unspecified atom stereocenters. The molecule has 0 aliphatic rings. The maximum atomic E-state index is 12.9. The fraction of sp³-hybridized carbons (Fsp3) is 0.136. The van der Waals surface area contributed by atoms with E-state index < -0.39 is 10.0 Å². The van der Waals surface area contributed by atoms with Crippen LogP contribution in [0.5, 0.6) is 0 Å². The fourth-order valence-electron chi connectivity index (χ4n) is 2.79. The lowest BCUT2D eigenvalue weighted by atomic mass is 10.1.